The van der Waals surface area contributed by atoms with Crippen LogP contribution in [0, 0.1) is 0 Å². The Morgan fingerprint density at radius 1 is 1.04 bits per heavy atom. The van der Waals surface area contributed by atoms with Crippen molar-refractivity contribution in [2.45, 2.75) is 19.6 Å². The summed E-state index contributed by atoms with van der Waals surface area (Å²) in [5, 5.41) is 0.338. The molecule has 7 heteroatoms. The normalized spacial score (nSPS) is 14.4. The summed E-state index contributed by atoms with van der Waals surface area (Å²) in [6.07, 6.45) is 0. The molecule has 1 heterocycles. The molecule has 0 aliphatic carbocycles. The van der Waals surface area contributed by atoms with Crippen molar-refractivity contribution in [1.82, 2.24) is 4.90 Å². The van der Waals surface area contributed by atoms with Crippen LogP contribution in [-0.2, 0) is 16.1 Å². The summed E-state index contributed by atoms with van der Waals surface area (Å²) in [4.78, 5) is 38.1. The van der Waals surface area contributed by atoms with E-state index in [-0.39, 0.29) is 27.8 Å². The number of esters is 1. The molecule has 2 aromatic carbocycles. The zero-order valence-electron chi connectivity index (χ0n) is 13.2. The number of benzene rings is 2. The Balaban J connectivity index is 1.76. The van der Waals surface area contributed by atoms with Gasteiger partial charge in [-0.05, 0) is 24.6 Å². The van der Waals surface area contributed by atoms with Gasteiger partial charge in [-0.25, -0.2) is 4.79 Å². The van der Waals surface area contributed by atoms with Crippen molar-refractivity contribution in [3.05, 3.63) is 69.2 Å². The van der Waals surface area contributed by atoms with E-state index < -0.39 is 23.8 Å². The van der Waals surface area contributed by atoms with E-state index in [9.17, 15) is 14.4 Å². The van der Waals surface area contributed by atoms with Gasteiger partial charge in [-0.3, -0.25) is 14.5 Å². The molecule has 0 radical (unpaired) electrons. The van der Waals surface area contributed by atoms with Crippen molar-refractivity contribution in [2.24, 2.45) is 0 Å². The van der Waals surface area contributed by atoms with Gasteiger partial charge in [-0.15, -0.1) is 0 Å². The third kappa shape index (κ3) is 3.25. The zero-order chi connectivity index (χ0) is 18.1. The summed E-state index contributed by atoms with van der Waals surface area (Å²) in [7, 11) is 0. The van der Waals surface area contributed by atoms with Crippen LogP contribution < -0.4 is 0 Å². The minimum Gasteiger partial charge on any atom is -0.459 e. The minimum atomic E-state index is -1.06. The van der Waals surface area contributed by atoms with Crippen LogP contribution in [-0.4, -0.2) is 28.7 Å². The zero-order valence-corrected chi connectivity index (χ0v) is 14.7. The number of carbonyl (C=O) groups excluding carboxylic acids is 3. The molecule has 1 aliphatic rings. The predicted molar refractivity (Wildman–Crippen MR) is 92.7 cm³/mol. The van der Waals surface area contributed by atoms with Crippen molar-refractivity contribution in [2.75, 3.05) is 0 Å². The molecule has 1 aliphatic heterocycles. The van der Waals surface area contributed by atoms with Crippen molar-refractivity contribution >= 4 is 41.0 Å². The molecule has 0 bridgehead atoms. The van der Waals surface area contributed by atoms with Gasteiger partial charge in [0, 0.05) is 0 Å². The van der Waals surface area contributed by atoms with Crippen molar-refractivity contribution in [1.29, 1.82) is 0 Å². The molecule has 0 unspecified atom stereocenters. The van der Waals surface area contributed by atoms with Gasteiger partial charge in [0.05, 0.1) is 21.2 Å². The highest BCUT2D eigenvalue weighted by Crippen LogP contribution is 2.32. The summed E-state index contributed by atoms with van der Waals surface area (Å²) in [6, 6.07) is 10.7. The SMILES string of the molecule is C[C@@H](C(=O)OCc1ccccc1)N1C(=O)c2cc(Cl)c(Cl)cc2C1=O. The van der Waals surface area contributed by atoms with E-state index in [4.69, 9.17) is 27.9 Å². The largest absolute Gasteiger partial charge is 0.459 e. The van der Waals surface area contributed by atoms with E-state index in [1.807, 2.05) is 30.3 Å². The van der Waals surface area contributed by atoms with Gasteiger partial charge in [-0.2, -0.15) is 0 Å². The molecule has 128 valence electrons. The van der Waals surface area contributed by atoms with Crippen LogP contribution in [0.1, 0.15) is 33.2 Å². The smallest absolute Gasteiger partial charge is 0.329 e. The number of fused-ring (bicyclic) bond motifs is 1. The van der Waals surface area contributed by atoms with Gasteiger partial charge in [0.2, 0.25) is 0 Å². The van der Waals surface area contributed by atoms with Gasteiger partial charge in [0.15, 0.2) is 0 Å². The van der Waals surface area contributed by atoms with Gasteiger partial charge >= 0.3 is 5.97 Å². The predicted octanol–water partition coefficient (Wildman–Crippen LogP) is 3.72. The second-order valence-electron chi connectivity index (χ2n) is 5.56. The lowest BCUT2D eigenvalue weighted by atomic mass is 10.1. The monoisotopic (exact) mass is 377 g/mol. The van der Waals surface area contributed by atoms with Crippen LogP contribution in [0.15, 0.2) is 42.5 Å². The summed E-state index contributed by atoms with van der Waals surface area (Å²) < 4.78 is 5.21. The molecule has 3 rings (SSSR count). The summed E-state index contributed by atoms with van der Waals surface area (Å²) in [5.74, 6) is -1.86. The molecule has 0 saturated heterocycles. The van der Waals surface area contributed by atoms with Crippen molar-refractivity contribution in [3.8, 4) is 0 Å². The Kier molecular flexibility index (Phi) is 4.79. The standard InChI is InChI=1S/C18H13Cl2NO4/c1-10(18(24)25-9-11-5-3-2-4-6-11)21-16(22)12-7-14(19)15(20)8-13(12)17(21)23/h2-8,10H,9H2,1H3/t10-/m0/s1. The Morgan fingerprint density at radius 2 is 1.56 bits per heavy atom. The number of amides is 2. The quantitative estimate of drug-likeness (QED) is 0.601. The average Bonchev–Trinajstić information content (AvgIpc) is 2.84. The van der Waals surface area contributed by atoms with Gasteiger partial charge in [0.1, 0.15) is 12.6 Å². The third-order valence-corrected chi connectivity index (χ3v) is 4.63. The van der Waals surface area contributed by atoms with Crippen LogP contribution in [0.4, 0.5) is 0 Å². The molecule has 0 fully saturated rings. The molecular formula is C18H13Cl2NO4. The van der Waals surface area contributed by atoms with Crippen LogP contribution >= 0.6 is 23.2 Å². The number of nitrogens with zero attached hydrogens (tertiary/aromatic N) is 1. The number of ether oxygens (including phenoxy) is 1. The summed E-state index contributed by atoms with van der Waals surface area (Å²) in [5.41, 5.74) is 1.06. The molecule has 25 heavy (non-hydrogen) atoms. The van der Waals surface area contributed by atoms with Crippen LogP contribution in [0.5, 0.6) is 0 Å². The third-order valence-electron chi connectivity index (χ3n) is 3.91. The summed E-state index contributed by atoms with van der Waals surface area (Å²) in [6.45, 7) is 1.50. The lowest BCUT2D eigenvalue weighted by Gasteiger charge is -2.20. The van der Waals surface area contributed by atoms with Crippen LogP contribution in [0.2, 0.25) is 10.0 Å². The molecule has 0 N–H and O–H groups in total. The molecule has 5 nitrogen and oxygen atoms in total. The number of rotatable bonds is 4. The number of imide groups is 1. The second kappa shape index (κ2) is 6.86. The maximum absolute atomic E-state index is 12.5. The van der Waals surface area contributed by atoms with E-state index in [2.05, 4.69) is 0 Å². The van der Waals surface area contributed by atoms with E-state index in [0.29, 0.717) is 0 Å². The highest BCUT2D eigenvalue weighted by atomic mass is 35.5. The minimum absolute atomic E-state index is 0.0604. The van der Waals surface area contributed by atoms with E-state index >= 15 is 0 Å². The van der Waals surface area contributed by atoms with Crippen molar-refractivity contribution < 1.29 is 19.1 Å². The van der Waals surface area contributed by atoms with E-state index in [0.717, 1.165) is 10.5 Å². The molecular weight excluding hydrogens is 365 g/mol. The van der Waals surface area contributed by atoms with Crippen molar-refractivity contribution in [3.63, 3.8) is 0 Å². The first-order valence-corrected chi connectivity index (χ1v) is 8.23. The maximum Gasteiger partial charge on any atom is 0.329 e. The first-order chi connectivity index (χ1) is 11.9. The fourth-order valence-corrected chi connectivity index (χ4v) is 2.89. The summed E-state index contributed by atoms with van der Waals surface area (Å²) >= 11 is 11.8. The molecule has 0 spiro atoms. The molecule has 1 atom stereocenters. The van der Waals surface area contributed by atoms with Gasteiger partial charge in [-0.1, -0.05) is 53.5 Å². The Bertz CT molecular complexity index is 826. The lowest BCUT2D eigenvalue weighted by molar-refractivity contribution is -0.149. The van der Waals surface area contributed by atoms with E-state index in [1.54, 1.807) is 0 Å². The van der Waals surface area contributed by atoms with Gasteiger partial charge < -0.3 is 4.74 Å². The fourth-order valence-electron chi connectivity index (χ4n) is 2.56. The molecule has 2 amide bonds. The highest BCUT2D eigenvalue weighted by molar-refractivity contribution is 6.43. The maximum atomic E-state index is 12.5. The lowest BCUT2D eigenvalue weighted by Crippen LogP contribution is -2.43. The first-order valence-electron chi connectivity index (χ1n) is 7.47. The molecule has 2 aromatic rings. The number of hydrogen-bond acceptors (Lipinski definition) is 4. The second-order valence-corrected chi connectivity index (χ2v) is 6.38. The highest BCUT2D eigenvalue weighted by Gasteiger charge is 2.42. The fraction of sp³-hybridized carbons (Fsp3) is 0.167. The average molecular weight is 378 g/mol. The molecule has 0 aromatic heterocycles. The van der Waals surface area contributed by atoms with E-state index in [1.165, 1.54) is 19.1 Å². The number of halogens is 2. The topological polar surface area (TPSA) is 63.7 Å². The molecule has 0 saturated carbocycles. The van der Waals surface area contributed by atoms with Crippen LogP contribution in [0.25, 0.3) is 0 Å². The Labute approximate surface area is 154 Å². The Morgan fingerprint density at radius 3 is 2.08 bits per heavy atom. The number of hydrogen-bond donors (Lipinski definition) is 0. The van der Waals surface area contributed by atoms with Crippen LogP contribution in [0.3, 0.4) is 0 Å². The van der Waals surface area contributed by atoms with Gasteiger partial charge in [0.25, 0.3) is 11.8 Å². The Hall–Kier alpha value is -2.37. The number of carbonyl (C=O) groups is 3. The first kappa shape index (κ1) is 17.5.